The Balaban J connectivity index is 1.47. The van der Waals surface area contributed by atoms with Crippen molar-refractivity contribution in [3.05, 3.63) is 30.1 Å². The number of benzene rings is 1. The molecule has 104 valence electrons. The molecule has 2 amide bonds. The van der Waals surface area contributed by atoms with E-state index in [4.69, 9.17) is 4.74 Å². The second kappa shape index (κ2) is 6.97. The molecule has 1 saturated carbocycles. The van der Waals surface area contributed by atoms with Gasteiger partial charge in [-0.25, -0.2) is 9.18 Å². The van der Waals surface area contributed by atoms with Gasteiger partial charge in [0.2, 0.25) is 0 Å². The van der Waals surface area contributed by atoms with Crippen LogP contribution < -0.4 is 15.4 Å². The molecule has 2 rings (SSSR count). The predicted molar refractivity (Wildman–Crippen MR) is 70.7 cm³/mol. The fourth-order valence-electron chi connectivity index (χ4n) is 1.61. The Morgan fingerprint density at radius 1 is 1.26 bits per heavy atom. The molecule has 1 fully saturated rings. The van der Waals surface area contributed by atoms with Crippen molar-refractivity contribution in [2.75, 3.05) is 13.2 Å². The van der Waals surface area contributed by atoms with Crippen LogP contribution in [0.25, 0.3) is 0 Å². The number of halogens is 1. The van der Waals surface area contributed by atoms with Crippen LogP contribution in [0, 0.1) is 5.82 Å². The first-order valence-electron chi connectivity index (χ1n) is 6.67. The SMILES string of the molecule is O=C(NCCCCOc1ccc(F)cc1)NC1CC1. The molecule has 1 aliphatic rings. The van der Waals surface area contributed by atoms with Crippen molar-refractivity contribution in [2.45, 2.75) is 31.7 Å². The summed E-state index contributed by atoms with van der Waals surface area (Å²) in [7, 11) is 0. The Hall–Kier alpha value is -1.78. The van der Waals surface area contributed by atoms with E-state index in [2.05, 4.69) is 10.6 Å². The number of ether oxygens (including phenoxy) is 1. The number of nitrogens with one attached hydrogen (secondary N) is 2. The number of amides is 2. The van der Waals surface area contributed by atoms with Crippen molar-refractivity contribution in [1.29, 1.82) is 0 Å². The Morgan fingerprint density at radius 3 is 2.68 bits per heavy atom. The standard InChI is InChI=1S/C14H19FN2O2/c15-11-3-7-13(8-4-11)19-10-2-1-9-16-14(18)17-12-5-6-12/h3-4,7-8,12H,1-2,5-6,9-10H2,(H2,16,17,18). The van der Waals surface area contributed by atoms with E-state index in [1.54, 1.807) is 12.1 Å². The van der Waals surface area contributed by atoms with Gasteiger partial charge >= 0.3 is 6.03 Å². The van der Waals surface area contributed by atoms with Crippen LogP contribution in [0.2, 0.25) is 0 Å². The summed E-state index contributed by atoms with van der Waals surface area (Å²) in [5, 5.41) is 5.66. The van der Waals surface area contributed by atoms with Gasteiger partial charge in [-0.1, -0.05) is 0 Å². The van der Waals surface area contributed by atoms with Gasteiger partial charge in [0.15, 0.2) is 0 Å². The van der Waals surface area contributed by atoms with Crippen LogP contribution in [0.5, 0.6) is 5.75 Å². The van der Waals surface area contributed by atoms with Gasteiger partial charge in [0, 0.05) is 12.6 Å². The Labute approximate surface area is 112 Å². The molecule has 1 aromatic rings. The maximum Gasteiger partial charge on any atom is 0.315 e. The largest absolute Gasteiger partial charge is 0.494 e. The molecule has 0 spiro atoms. The minimum absolute atomic E-state index is 0.0815. The van der Waals surface area contributed by atoms with Crippen LogP contribution in [0.15, 0.2) is 24.3 Å². The van der Waals surface area contributed by atoms with Crippen molar-refractivity contribution in [3.63, 3.8) is 0 Å². The van der Waals surface area contributed by atoms with E-state index in [0.717, 1.165) is 25.7 Å². The van der Waals surface area contributed by atoms with Gasteiger partial charge in [0.25, 0.3) is 0 Å². The monoisotopic (exact) mass is 266 g/mol. The molecule has 0 aliphatic heterocycles. The highest BCUT2D eigenvalue weighted by molar-refractivity contribution is 5.74. The van der Waals surface area contributed by atoms with Crippen LogP contribution in [0.3, 0.4) is 0 Å². The lowest BCUT2D eigenvalue weighted by atomic mass is 10.3. The maximum atomic E-state index is 12.6. The molecule has 0 radical (unpaired) electrons. The summed E-state index contributed by atoms with van der Waals surface area (Å²) >= 11 is 0. The van der Waals surface area contributed by atoms with E-state index in [1.165, 1.54) is 12.1 Å². The van der Waals surface area contributed by atoms with Gasteiger partial charge < -0.3 is 15.4 Å². The predicted octanol–water partition coefficient (Wildman–Crippen LogP) is 2.45. The van der Waals surface area contributed by atoms with Crippen LogP contribution in [-0.2, 0) is 0 Å². The molecule has 0 heterocycles. The molecule has 19 heavy (non-hydrogen) atoms. The first kappa shape index (κ1) is 13.6. The van der Waals surface area contributed by atoms with Gasteiger partial charge in [-0.15, -0.1) is 0 Å². The van der Waals surface area contributed by atoms with E-state index in [-0.39, 0.29) is 11.8 Å². The molecular formula is C14H19FN2O2. The molecule has 0 unspecified atom stereocenters. The normalized spacial score (nSPS) is 13.9. The molecule has 1 aromatic carbocycles. The zero-order chi connectivity index (χ0) is 13.5. The topological polar surface area (TPSA) is 50.4 Å². The highest BCUT2D eigenvalue weighted by Gasteiger charge is 2.22. The molecule has 2 N–H and O–H groups in total. The molecule has 0 bridgehead atoms. The minimum Gasteiger partial charge on any atom is -0.494 e. The second-order valence-electron chi connectivity index (χ2n) is 4.68. The molecule has 0 saturated heterocycles. The van der Waals surface area contributed by atoms with Crippen LogP contribution in [0.4, 0.5) is 9.18 Å². The quantitative estimate of drug-likeness (QED) is 0.745. The number of carbonyl (C=O) groups is 1. The van der Waals surface area contributed by atoms with E-state index < -0.39 is 0 Å². The van der Waals surface area contributed by atoms with Gasteiger partial charge in [0.05, 0.1) is 6.61 Å². The van der Waals surface area contributed by atoms with Crippen LogP contribution in [-0.4, -0.2) is 25.2 Å². The minimum atomic E-state index is -0.266. The lowest BCUT2D eigenvalue weighted by Gasteiger charge is -2.07. The summed E-state index contributed by atoms with van der Waals surface area (Å²) in [4.78, 5) is 11.3. The van der Waals surface area contributed by atoms with E-state index in [9.17, 15) is 9.18 Å². The third-order valence-electron chi connectivity index (χ3n) is 2.85. The third-order valence-corrected chi connectivity index (χ3v) is 2.85. The van der Waals surface area contributed by atoms with Crippen molar-refractivity contribution in [2.24, 2.45) is 0 Å². The van der Waals surface area contributed by atoms with Gasteiger partial charge in [-0.3, -0.25) is 0 Å². The zero-order valence-electron chi connectivity index (χ0n) is 10.8. The second-order valence-corrected chi connectivity index (χ2v) is 4.68. The summed E-state index contributed by atoms with van der Waals surface area (Å²) in [5.74, 6) is 0.402. The summed E-state index contributed by atoms with van der Waals surface area (Å²) < 4.78 is 18.1. The number of unbranched alkanes of at least 4 members (excludes halogenated alkanes) is 1. The van der Waals surface area contributed by atoms with Crippen molar-refractivity contribution in [3.8, 4) is 5.75 Å². The number of carbonyl (C=O) groups excluding carboxylic acids is 1. The number of rotatable bonds is 7. The number of urea groups is 1. The van der Waals surface area contributed by atoms with Gasteiger partial charge in [-0.05, 0) is 49.9 Å². The molecule has 0 aromatic heterocycles. The fourth-order valence-corrected chi connectivity index (χ4v) is 1.61. The Morgan fingerprint density at radius 2 is 2.00 bits per heavy atom. The van der Waals surface area contributed by atoms with Gasteiger partial charge in [0.1, 0.15) is 11.6 Å². The average Bonchev–Trinajstić information content (AvgIpc) is 3.19. The molecule has 5 heteroatoms. The Kier molecular flexibility index (Phi) is 5.01. The molecule has 4 nitrogen and oxygen atoms in total. The first-order valence-corrected chi connectivity index (χ1v) is 6.67. The fraction of sp³-hybridized carbons (Fsp3) is 0.500. The van der Waals surface area contributed by atoms with Crippen molar-refractivity contribution in [1.82, 2.24) is 10.6 Å². The van der Waals surface area contributed by atoms with Gasteiger partial charge in [-0.2, -0.15) is 0 Å². The zero-order valence-corrected chi connectivity index (χ0v) is 10.8. The highest BCUT2D eigenvalue weighted by atomic mass is 19.1. The summed E-state index contributed by atoms with van der Waals surface area (Å²) in [6, 6.07) is 6.27. The number of hydrogen-bond acceptors (Lipinski definition) is 2. The lowest BCUT2D eigenvalue weighted by molar-refractivity contribution is 0.239. The molecular weight excluding hydrogens is 247 g/mol. The third kappa shape index (κ3) is 5.59. The molecule has 0 atom stereocenters. The highest BCUT2D eigenvalue weighted by Crippen LogP contribution is 2.18. The maximum absolute atomic E-state index is 12.6. The average molecular weight is 266 g/mol. The van der Waals surface area contributed by atoms with Crippen molar-refractivity contribution < 1.29 is 13.9 Å². The van der Waals surface area contributed by atoms with Crippen molar-refractivity contribution >= 4 is 6.03 Å². The lowest BCUT2D eigenvalue weighted by Crippen LogP contribution is -2.37. The summed E-state index contributed by atoms with van der Waals surface area (Å²) in [5.41, 5.74) is 0. The summed E-state index contributed by atoms with van der Waals surface area (Å²) in [6.07, 6.45) is 3.90. The number of hydrogen-bond donors (Lipinski definition) is 2. The first-order chi connectivity index (χ1) is 9.24. The smallest absolute Gasteiger partial charge is 0.315 e. The van der Waals surface area contributed by atoms with E-state index in [1.807, 2.05) is 0 Å². The Bertz CT molecular complexity index is 404. The van der Waals surface area contributed by atoms with Crippen LogP contribution in [0.1, 0.15) is 25.7 Å². The van der Waals surface area contributed by atoms with E-state index in [0.29, 0.717) is 24.9 Å². The molecule has 1 aliphatic carbocycles. The van der Waals surface area contributed by atoms with E-state index >= 15 is 0 Å². The summed E-state index contributed by atoms with van der Waals surface area (Å²) in [6.45, 7) is 1.21. The van der Waals surface area contributed by atoms with Crippen LogP contribution >= 0.6 is 0 Å².